The summed E-state index contributed by atoms with van der Waals surface area (Å²) in [5.41, 5.74) is 0. The Morgan fingerprint density at radius 1 is 1.47 bits per heavy atom. The van der Waals surface area contributed by atoms with Gasteiger partial charge in [-0.2, -0.15) is 4.98 Å². The van der Waals surface area contributed by atoms with Crippen molar-refractivity contribution in [2.75, 3.05) is 31.1 Å². The number of nitrogens with zero attached hydrogens (tertiary/aromatic N) is 3. The molecule has 0 radical (unpaired) electrons. The minimum Gasteiger partial charge on any atom is -0.478 e. The van der Waals surface area contributed by atoms with E-state index in [1.54, 1.807) is 6.20 Å². The first kappa shape index (κ1) is 14.1. The molecule has 1 atom stereocenters. The van der Waals surface area contributed by atoms with Crippen LogP contribution in [0.15, 0.2) is 12.3 Å². The maximum absolute atomic E-state index is 5.58. The lowest BCUT2D eigenvalue weighted by atomic mass is 10.2. The monoisotopic (exact) mass is 264 g/mol. The average Bonchev–Trinajstić information content (AvgIpc) is 2.91. The van der Waals surface area contributed by atoms with Gasteiger partial charge in [0.15, 0.2) is 0 Å². The Labute approximate surface area is 115 Å². The van der Waals surface area contributed by atoms with Gasteiger partial charge in [0.25, 0.3) is 0 Å². The zero-order valence-corrected chi connectivity index (χ0v) is 11.9. The predicted molar refractivity (Wildman–Crippen MR) is 76.7 cm³/mol. The lowest BCUT2D eigenvalue weighted by molar-refractivity contribution is 0.304. The summed E-state index contributed by atoms with van der Waals surface area (Å²) < 4.78 is 5.58. The molecule has 0 aliphatic carbocycles. The van der Waals surface area contributed by atoms with Gasteiger partial charge in [-0.15, -0.1) is 0 Å². The van der Waals surface area contributed by atoms with E-state index in [4.69, 9.17) is 4.74 Å². The van der Waals surface area contributed by atoms with Crippen molar-refractivity contribution in [3.05, 3.63) is 12.3 Å². The quantitative estimate of drug-likeness (QED) is 0.814. The SMILES string of the molecule is CCCOc1ccnc(N2CCCC2CNCC)n1. The molecule has 1 aliphatic heterocycles. The number of likely N-dealkylation sites (N-methyl/N-ethyl adjacent to an activating group) is 1. The van der Waals surface area contributed by atoms with Crippen LogP contribution in [0.2, 0.25) is 0 Å². The van der Waals surface area contributed by atoms with Crippen molar-refractivity contribution in [3.63, 3.8) is 0 Å². The molecule has 0 spiro atoms. The highest BCUT2D eigenvalue weighted by atomic mass is 16.5. The molecule has 19 heavy (non-hydrogen) atoms. The molecule has 1 fully saturated rings. The van der Waals surface area contributed by atoms with E-state index in [1.807, 2.05) is 6.07 Å². The molecule has 0 aromatic carbocycles. The van der Waals surface area contributed by atoms with Gasteiger partial charge in [0.05, 0.1) is 6.61 Å². The number of ether oxygens (including phenoxy) is 1. The Bertz CT molecular complexity index is 385. The largest absolute Gasteiger partial charge is 0.478 e. The minimum atomic E-state index is 0.501. The van der Waals surface area contributed by atoms with Gasteiger partial charge in [-0.05, 0) is 25.8 Å². The topological polar surface area (TPSA) is 50.3 Å². The molecule has 0 bridgehead atoms. The minimum absolute atomic E-state index is 0.501. The summed E-state index contributed by atoms with van der Waals surface area (Å²) in [7, 11) is 0. The third-order valence-electron chi connectivity index (χ3n) is 3.34. The van der Waals surface area contributed by atoms with Crippen molar-refractivity contribution in [3.8, 4) is 5.88 Å². The summed E-state index contributed by atoms with van der Waals surface area (Å²) in [4.78, 5) is 11.2. The van der Waals surface area contributed by atoms with E-state index in [9.17, 15) is 0 Å². The molecule has 0 amide bonds. The van der Waals surface area contributed by atoms with Crippen LogP contribution in [0, 0.1) is 0 Å². The van der Waals surface area contributed by atoms with Gasteiger partial charge in [0.2, 0.25) is 11.8 Å². The summed E-state index contributed by atoms with van der Waals surface area (Å²) >= 11 is 0. The van der Waals surface area contributed by atoms with Crippen molar-refractivity contribution >= 4 is 5.95 Å². The lowest BCUT2D eigenvalue weighted by Gasteiger charge is -2.24. The molecule has 2 heterocycles. The number of anilines is 1. The van der Waals surface area contributed by atoms with Gasteiger partial charge in [-0.3, -0.25) is 0 Å². The molecule has 0 saturated carbocycles. The van der Waals surface area contributed by atoms with E-state index >= 15 is 0 Å². The lowest BCUT2D eigenvalue weighted by Crippen LogP contribution is -2.38. The molecular formula is C14H24N4O. The first-order valence-electron chi connectivity index (χ1n) is 7.28. The zero-order valence-electron chi connectivity index (χ0n) is 11.9. The maximum Gasteiger partial charge on any atom is 0.228 e. The number of hydrogen-bond donors (Lipinski definition) is 1. The smallest absolute Gasteiger partial charge is 0.228 e. The van der Waals surface area contributed by atoms with Crippen molar-refractivity contribution in [2.24, 2.45) is 0 Å². The number of aromatic nitrogens is 2. The van der Waals surface area contributed by atoms with E-state index < -0.39 is 0 Å². The van der Waals surface area contributed by atoms with E-state index in [0.717, 1.165) is 32.0 Å². The highest BCUT2D eigenvalue weighted by Crippen LogP contribution is 2.23. The molecular weight excluding hydrogens is 240 g/mol. The van der Waals surface area contributed by atoms with Gasteiger partial charge in [0.1, 0.15) is 0 Å². The van der Waals surface area contributed by atoms with E-state index in [2.05, 4.69) is 34.0 Å². The molecule has 5 nitrogen and oxygen atoms in total. The van der Waals surface area contributed by atoms with Crippen LogP contribution in [-0.2, 0) is 0 Å². The van der Waals surface area contributed by atoms with Crippen molar-refractivity contribution in [2.45, 2.75) is 39.2 Å². The van der Waals surface area contributed by atoms with Crippen LogP contribution in [-0.4, -0.2) is 42.3 Å². The fourth-order valence-electron chi connectivity index (χ4n) is 2.38. The van der Waals surface area contributed by atoms with Crippen LogP contribution in [0.3, 0.4) is 0 Å². The first-order chi connectivity index (χ1) is 9.35. The Morgan fingerprint density at radius 3 is 3.16 bits per heavy atom. The summed E-state index contributed by atoms with van der Waals surface area (Å²) in [6.07, 6.45) is 5.19. The Morgan fingerprint density at radius 2 is 2.37 bits per heavy atom. The molecule has 1 N–H and O–H groups in total. The van der Waals surface area contributed by atoms with E-state index in [1.165, 1.54) is 12.8 Å². The van der Waals surface area contributed by atoms with Crippen LogP contribution >= 0.6 is 0 Å². The van der Waals surface area contributed by atoms with E-state index in [0.29, 0.717) is 18.5 Å². The van der Waals surface area contributed by atoms with Crippen LogP contribution in [0.1, 0.15) is 33.1 Å². The third kappa shape index (κ3) is 3.80. The highest BCUT2D eigenvalue weighted by molar-refractivity contribution is 5.35. The fraction of sp³-hybridized carbons (Fsp3) is 0.714. The fourth-order valence-corrected chi connectivity index (χ4v) is 2.38. The van der Waals surface area contributed by atoms with E-state index in [-0.39, 0.29) is 0 Å². The second kappa shape index (κ2) is 7.28. The molecule has 1 aromatic rings. The van der Waals surface area contributed by atoms with Gasteiger partial charge in [-0.25, -0.2) is 4.98 Å². The molecule has 1 unspecified atom stereocenters. The van der Waals surface area contributed by atoms with Gasteiger partial charge >= 0.3 is 0 Å². The van der Waals surface area contributed by atoms with Gasteiger partial charge in [0, 0.05) is 31.4 Å². The van der Waals surface area contributed by atoms with Crippen molar-refractivity contribution < 1.29 is 4.74 Å². The summed E-state index contributed by atoms with van der Waals surface area (Å²) in [6, 6.07) is 2.33. The summed E-state index contributed by atoms with van der Waals surface area (Å²) in [6.45, 7) is 7.97. The molecule has 5 heteroatoms. The molecule has 1 aliphatic rings. The zero-order chi connectivity index (χ0) is 13.5. The maximum atomic E-state index is 5.58. The molecule has 1 aromatic heterocycles. The van der Waals surface area contributed by atoms with Gasteiger partial charge in [-0.1, -0.05) is 13.8 Å². The standard InChI is InChI=1S/C14H24N4O/c1-3-10-19-13-7-8-16-14(17-13)18-9-5-6-12(18)11-15-4-2/h7-8,12,15H,3-6,9-11H2,1-2H3. The second-order valence-corrected chi connectivity index (χ2v) is 4.84. The number of nitrogens with one attached hydrogen (secondary N) is 1. The Balaban J connectivity index is 2.03. The Kier molecular flexibility index (Phi) is 5.39. The number of rotatable bonds is 7. The molecule has 106 valence electrons. The highest BCUT2D eigenvalue weighted by Gasteiger charge is 2.26. The third-order valence-corrected chi connectivity index (χ3v) is 3.34. The molecule has 1 saturated heterocycles. The predicted octanol–water partition coefficient (Wildman–Crippen LogP) is 1.84. The summed E-state index contributed by atoms with van der Waals surface area (Å²) in [5.74, 6) is 1.48. The second-order valence-electron chi connectivity index (χ2n) is 4.84. The first-order valence-corrected chi connectivity index (χ1v) is 7.28. The number of hydrogen-bond acceptors (Lipinski definition) is 5. The van der Waals surface area contributed by atoms with Gasteiger partial charge < -0.3 is 15.0 Å². The normalized spacial score (nSPS) is 18.8. The Hall–Kier alpha value is -1.36. The van der Waals surface area contributed by atoms with Crippen LogP contribution in [0.4, 0.5) is 5.95 Å². The molecule has 2 rings (SSSR count). The van der Waals surface area contributed by atoms with Crippen LogP contribution in [0.5, 0.6) is 5.88 Å². The van der Waals surface area contributed by atoms with Crippen molar-refractivity contribution in [1.29, 1.82) is 0 Å². The average molecular weight is 264 g/mol. The van der Waals surface area contributed by atoms with Crippen molar-refractivity contribution in [1.82, 2.24) is 15.3 Å². The summed E-state index contributed by atoms with van der Waals surface area (Å²) in [5, 5.41) is 3.41. The van der Waals surface area contributed by atoms with Crippen LogP contribution < -0.4 is 15.0 Å². The van der Waals surface area contributed by atoms with Crippen LogP contribution in [0.25, 0.3) is 0 Å².